The Morgan fingerprint density at radius 1 is 1.59 bits per heavy atom. The highest BCUT2D eigenvalue weighted by atomic mass is 32.1. The molecule has 94 valence electrons. The van der Waals surface area contributed by atoms with Crippen LogP contribution in [-0.2, 0) is 11.3 Å². The first kappa shape index (κ1) is 12.8. The van der Waals surface area contributed by atoms with Crippen molar-refractivity contribution in [2.45, 2.75) is 45.7 Å². The van der Waals surface area contributed by atoms with E-state index in [1.54, 1.807) is 11.3 Å². The SMILES string of the molecule is CCC(C)(C=O)CN(Cc1ccsc1)C1CC1. The summed E-state index contributed by atoms with van der Waals surface area (Å²) in [4.78, 5) is 13.7. The van der Waals surface area contributed by atoms with Crippen LogP contribution in [0.5, 0.6) is 0 Å². The van der Waals surface area contributed by atoms with Gasteiger partial charge in [-0.2, -0.15) is 11.3 Å². The largest absolute Gasteiger partial charge is 0.303 e. The number of rotatable bonds is 7. The van der Waals surface area contributed by atoms with Gasteiger partial charge in [0.1, 0.15) is 6.29 Å². The van der Waals surface area contributed by atoms with Crippen LogP contribution in [0.2, 0.25) is 0 Å². The first-order valence-electron chi connectivity index (χ1n) is 6.38. The van der Waals surface area contributed by atoms with Crippen molar-refractivity contribution >= 4 is 17.6 Å². The van der Waals surface area contributed by atoms with E-state index in [1.165, 1.54) is 18.4 Å². The van der Waals surface area contributed by atoms with Crippen molar-refractivity contribution in [2.75, 3.05) is 6.54 Å². The Bertz CT molecular complexity index is 358. The van der Waals surface area contributed by atoms with E-state index >= 15 is 0 Å². The fourth-order valence-electron chi connectivity index (χ4n) is 2.07. The number of nitrogens with zero attached hydrogens (tertiary/aromatic N) is 1. The van der Waals surface area contributed by atoms with Crippen LogP contribution in [0, 0.1) is 5.41 Å². The first-order valence-corrected chi connectivity index (χ1v) is 7.32. The summed E-state index contributed by atoms with van der Waals surface area (Å²) in [6.07, 6.45) is 4.64. The lowest BCUT2D eigenvalue weighted by Crippen LogP contribution is -2.37. The van der Waals surface area contributed by atoms with Crippen molar-refractivity contribution < 1.29 is 4.79 Å². The fourth-order valence-corrected chi connectivity index (χ4v) is 2.73. The van der Waals surface area contributed by atoms with Crippen molar-refractivity contribution in [3.8, 4) is 0 Å². The second-order valence-corrected chi connectivity index (χ2v) is 6.17. The molecule has 1 aromatic heterocycles. The maximum Gasteiger partial charge on any atom is 0.127 e. The van der Waals surface area contributed by atoms with Crippen LogP contribution in [0.25, 0.3) is 0 Å². The summed E-state index contributed by atoms with van der Waals surface area (Å²) in [7, 11) is 0. The van der Waals surface area contributed by atoms with Gasteiger partial charge < -0.3 is 4.79 Å². The summed E-state index contributed by atoms with van der Waals surface area (Å²) >= 11 is 1.75. The van der Waals surface area contributed by atoms with E-state index in [4.69, 9.17) is 0 Å². The Labute approximate surface area is 108 Å². The van der Waals surface area contributed by atoms with E-state index < -0.39 is 0 Å². The van der Waals surface area contributed by atoms with Gasteiger partial charge in [-0.3, -0.25) is 4.90 Å². The van der Waals surface area contributed by atoms with Crippen LogP contribution in [0.15, 0.2) is 16.8 Å². The molecule has 0 aliphatic heterocycles. The molecule has 3 heteroatoms. The molecular formula is C14H21NOS. The lowest BCUT2D eigenvalue weighted by Gasteiger charge is -2.30. The Hall–Kier alpha value is -0.670. The highest BCUT2D eigenvalue weighted by molar-refractivity contribution is 7.07. The van der Waals surface area contributed by atoms with Crippen molar-refractivity contribution in [1.29, 1.82) is 0 Å². The maximum atomic E-state index is 11.2. The summed E-state index contributed by atoms with van der Waals surface area (Å²) in [5.41, 5.74) is 1.20. The van der Waals surface area contributed by atoms with Gasteiger partial charge in [-0.1, -0.05) is 13.8 Å². The van der Waals surface area contributed by atoms with Crippen LogP contribution in [0.4, 0.5) is 0 Å². The van der Waals surface area contributed by atoms with Gasteiger partial charge in [0, 0.05) is 24.5 Å². The monoisotopic (exact) mass is 251 g/mol. The number of hydrogen-bond acceptors (Lipinski definition) is 3. The molecule has 1 unspecified atom stereocenters. The zero-order chi connectivity index (χ0) is 12.3. The molecule has 1 heterocycles. The Morgan fingerprint density at radius 3 is 2.82 bits per heavy atom. The predicted molar refractivity (Wildman–Crippen MR) is 72.2 cm³/mol. The highest BCUT2D eigenvalue weighted by Gasteiger charge is 2.34. The molecule has 0 spiro atoms. The molecule has 2 nitrogen and oxygen atoms in total. The van der Waals surface area contributed by atoms with Gasteiger partial charge in [-0.15, -0.1) is 0 Å². The van der Waals surface area contributed by atoms with E-state index in [-0.39, 0.29) is 5.41 Å². The van der Waals surface area contributed by atoms with Gasteiger partial charge in [0.25, 0.3) is 0 Å². The summed E-state index contributed by atoms with van der Waals surface area (Å²) in [5, 5.41) is 4.33. The molecule has 0 saturated heterocycles. The second kappa shape index (κ2) is 5.32. The van der Waals surface area contributed by atoms with Crippen molar-refractivity contribution in [3.05, 3.63) is 22.4 Å². The van der Waals surface area contributed by atoms with Crippen LogP contribution in [-0.4, -0.2) is 23.8 Å². The Balaban J connectivity index is 2.00. The number of carbonyl (C=O) groups is 1. The third kappa shape index (κ3) is 3.39. The quantitative estimate of drug-likeness (QED) is 0.693. The molecule has 0 bridgehead atoms. The molecule has 2 rings (SSSR count). The van der Waals surface area contributed by atoms with Crippen LogP contribution < -0.4 is 0 Å². The van der Waals surface area contributed by atoms with Crippen LogP contribution >= 0.6 is 11.3 Å². The summed E-state index contributed by atoms with van der Waals surface area (Å²) < 4.78 is 0. The maximum absolute atomic E-state index is 11.2. The molecule has 1 fully saturated rings. The number of aldehydes is 1. The zero-order valence-electron chi connectivity index (χ0n) is 10.7. The van der Waals surface area contributed by atoms with Crippen LogP contribution in [0.3, 0.4) is 0 Å². The average molecular weight is 251 g/mol. The van der Waals surface area contributed by atoms with E-state index in [9.17, 15) is 4.79 Å². The molecule has 0 radical (unpaired) electrons. The third-order valence-corrected chi connectivity index (χ3v) is 4.42. The minimum Gasteiger partial charge on any atom is -0.303 e. The Kier molecular flexibility index (Phi) is 4.00. The minimum absolute atomic E-state index is 0.182. The van der Waals surface area contributed by atoms with Crippen molar-refractivity contribution in [2.24, 2.45) is 5.41 Å². The van der Waals surface area contributed by atoms with E-state index in [1.807, 2.05) is 0 Å². The average Bonchev–Trinajstić information content (AvgIpc) is 3.07. The van der Waals surface area contributed by atoms with Gasteiger partial charge in [0.05, 0.1) is 0 Å². The zero-order valence-corrected chi connectivity index (χ0v) is 11.5. The van der Waals surface area contributed by atoms with Crippen LogP contribution in [0.1, 0.15) is 38.7 Å². The van der Waals surface area contributed by atoms with Gasteiger partial charge >= 0.3 is 0 Å². The van der Waals surface area contributed by atoms with E-state index in [0.717, 1.165) is 25.8 Å². The molecular weight excluding hydrogens is 230 g/mol. The standard InChI is InChI=1S/C14H21NOS/c1-3-14(2,11-16)10-15(13-4-5-13)8-12-6-7-17-9-12/h6-7,9,11,13H,3-5,8,10H2,1-2H3. The molecule has 1 aromatic rings. The number of thiophene rings is 1. The Morgan fingerprint density at radius 2 is 2.35 bits per heavy atom. The molecule has 1 aliphatic rings. The molecule has 1 saturated carbocycles. The highest BCUT2D eigenvalue weighted by Crippen LogP contribution is 2.32. The fraction of sp³-hybridized carbons (Fsp3) is 0.643. The van der Waals surface area contributed by atoms with Crippen molar-refractivity contribution in [3.63, 3.8) is 0 Å². The first-order chi connectivity index (χ1) is 8.17. The second-order valence-electron chi connectivity index (χ2n) is 5.39. The summed E-state index contributed by atoms with van der Waals surface area (Å²) in [6.45, 7) is 6.07. The molecule has 0 N–H and O–H groups in total. The molecule has 1 atom stereocenters. The topological polar surface area (TPSA) is 20.3 Å². The van der Waals surface area contributed by atoms with Crippen molar-refractivity contribution in [1.82, 2.24) is 4.90 Å². The van der Waals surface area contributed by atoms with Gasteiger partial charge in [0.15, 0.2) is 0 Å². The summed E-state index contributed by atoms with van der Waals surface area (Å²) in [5.74, 6) is 0. The van der Waals surface area contributed by atoms with E-state index in [2.05, 4.69) is 35.6 Å². The molecule has 0 aromatic carbocycles. The lowest BCUT2D eigenvalue weighted by atomic mass is 9.88. The smallest absolute Gasteiger partial charge is 0.127 e. The predicted octanol–water partition coefficient (Wildman–Crippen LogP) is 3.33. The third-order valence-electron chi connectivity index (χ3n) is 3.69. The molecule has 1 aliphatic carbocycles. The number of carbonyl (C=O) groups excluding carboxylic acids is 1. The summed E-state index contributed by atoms with van der Waals surface area (Å²) in [6, 6.07) is 2.89. The number of hydrogen-bond donors (Lipinski definition) is 0. The lowest BCUT2D eigenvalue weighted by molar-refractivity contribution is -0.116. The van der Waals surface area contributed by atoms with Gasteiger partial charge in [-0.25, -0.2) is 0 Å². The minimum atomic E-state index is -0.182. The molecule has 17 heavy (non-hydrogen) atoms. The van der Waals surface area contributed by atoms with Gasteiger partial charge in [0.2, 0.25) is 0 Å². The van der Waals surface area contributed by atoms with E-state index in [0.29, 0.717) is 6.04 Å². The molecule has 0 amide bonds. The normalized spacial score (nSPS) is 19.2. The van der Waals surface area contributed by atoms with Gasteiger partial charge in [-0.05, 0) is 41.7 Å².